The summed E-state index contributed by atoms with van der Waals surface area (Å²) in [7, 11) is 1.60. The Morgan fingerprint density at radius 2 is 2.40 bits per heavy atom. The van der Waals surface area contributed by atoms with Crippen LogP contribution in [0.4, 0.5) is 5.82 Å². The molecule has 0 fully saturated rings. The van der Waals surface area contributed by atoms with Gasteiger partial charge in [0.2, 0.25) is 0 Å². The maximum absolute atomic E-state index is 10.6. The van der Waals surface area contributed by atoms with Crippen LogP contribution >= 0.6 is 0 Å². The third-order valence-electron chi connectivity index (χ3n) is 1.70. The maximum atomic E-state index is 10.6. The third kappa shape index (κ3) is 3.51. The number of carboxylic acids is 1. The lowest BCUT2D eigenvalue weighted by Crippen LogP contribution is -2.21. The Morgan fingerprint density at radius 1 is 1.67 bits per heavy atom. The van der Waals surface area contributed by atoms with Gasteiger partial charge in [0.15, 0.2) is 5.69 Å². The van der Waals surface area contributed by atoms with E-state index in [1.165, 1.54) is 12.4 Å². The second-order valence-corrected chi connectivity index (χ2v) is 3.09. The molecular weight excluding hydrogens is 198 g/mol. The summed E-state index contributed by atoms with van der Waals surface area (Å²) >= 11 is 0. The minimum Gasteiger partial charge on any atom is -0.477 e. The lowest BCUT2D eigenvalue weighted by atomic mass is 10.3. The average Bonchev–Trinajstić information content (AvgIpc) is 2.18. The van der Waals surface area contributed by atoms with Gasteiger partial charge in [0.1, 0.15) is 12.1 Å². The Balaban J connectivity index is 2.69. The zero-order valence-electron chi connectivity index (χ0n) is 8.60. The number of anilines is 1. The molecule has 0 spiro atoms. The molecule has 6 nitrogen and oxygen atoms in total. The van der Waals surface area contributed by atoms with Crippen LogP contribution in [0.3, 0.4) is 0 Å². The van der Waals surface area contributed by atoms with Crippen molar-refractivity contribution in [3.05, 3.63) is 18.1 Å². The summed E-state index contributed by atoms with van der Waals surface area (Å²) in [6.45, 7) is 2.43. The summed E-state index contributed by atoms with van der Waals surface area (Å²) in [6, 6.07) is 1.45. The smallest absolute Gasteiger partial charge is 0.354 e. The van der Waals surface area contributed by atoms with E-state index in [4.69, 9.17) is 9.84 Å². The molecule has 0 aromatic carbocycles. The maximum Gasteiger partial charge on any atom is 0.354 e. The molecule has 0 radical (unpaired) electrons. The molecule has 0 saturated heterocycles. The number of nitrogens with zero attached hydrogens (tertiary/aromatic N) is 2. The molecule has 0 unspecified atom stereocenters. The molecule has 6 heteroatoms. The van der Waals surface area contributed by atoms with Crippen molar-refractivity contribution in [1.29, 1.82) is 0 Å². The van der Waals surface area contributed by atoms with Gasteiger partial charge in [0.05, 0.1) is 6.61 Å². The number of hydrogen-bond acceptors (Lipinski definition) is 5. The van der Waals surface area contributed by atoms with Crippen molar-refractivity contribution in [3.8, 4) is 0 Å². The number of ether oxygens (including phenoxy) is 1. The van der Waals surface area contributed by atoms with Gasteiger partial charge in [-0.15, -0.1) is 0 Å². The molecule has 82 valence electrons. The van der Waals surface area contributed by atoms with Crippen molar-refractivity contribution < 1.29 is 14.6 Å². The van der Waals surface area contributed by atoms with Crippen LogP contribution in [-0.2, 0) is 4.74 Å². The Bertz CT molecular complexity index is 343. The SMILES string of the molecule is COC[C@@H](C)Nc1cc(C(=O)O)ncn1. The molecule has 1 heterocycles. The van der Waals surface area contributed by atoms with Crippen LogP contribution < -0.4 is 5.32 Å². The first-order valence-corrected chi connectivity index (χ1v) is 4.44. The van der Waals surface area contributed by atoms with Crippen LogP contribution in [0.15, 0.2) is 12.4 Å². The molecule has 0 bridgehead atoms. The van der Waals surface area contributed by atoms with Gasteiger partial charge in [-0.05, 0) is 6.92 Å². The quantitative estimate of drug-likeness (QED) is 0.742. The Morgan fingerprint density at radius 3 is 3.00 bits per heavy atom. The molecule has 0 aliphatic heterocycles. The van der Waals surface area contributed by atoms with Gasteiger partial charge >= 0.3 is 5.97 Å². The summed E-state index contributed by atoms with van der Waals surface area (Å²) in [4.78, 5) is 18.1. The lowest BCUT2D eigenvalue weighted by molar-refractivity contribution is 0.0690. The second-order valence-electron chi connectivity index (χ2n) is 3.09. The third-order valence-corrected chi connectivity index (χ3v) is 1.70. The topological polar surface area (TPSA) is 84.3 Å². The van der Waals surface area contributed by atoms with E-state index >= 15 is 0 Å². The van der Waals surface area contributed by atoms with Crippen molar-refractivity contribution >= 4 is 11.8 Å². The number of aromatic nitrogens is 2. The Labute approximate surface area is 87.3 Å². The first-order chi connectivity index (χ1) is 7.13. The highest BCUT2D eigenvalue weighted by Crippen LogP contribution is 2.05. The van der Waals surface area contributed by atoms with Gasteiger partial charge in [-0.1, -0.05) is 0 Å². The molecular formula is C9H13N3O3. The highest BCUT2D eigenvalue weighted by Gasteiger charge is 2.07. The number of aromatic carboxylic acids is 1. The van der Waals surface area contributed by atoms with Crippen molar-refractivity contribution in [2.24, 2.45) is 0 Å². The standard InChI is InChI=1S/C9H13N3O3/c1-6(4-15-2)12-8-3-7(9(13)14)10-5-11-8/h3,5-6H,4H2,1-2H3,(H,13,14)(H,10,11,12)/t6-/m1/s1. The summed E-state index contributed by atoms with van der Waals surface area (Å²) in [5.41, 5.74) is -0.0304. The minimum absolute atomic E-state index is 0.0304. The lowest BCUT2D eigenvalue weighted by Gasteiger charge is -2.12. The number of carboxylic acid groups (broad SMARTS) is 1. The number of hydrogen-bond donors (Lipinski definition) is 2. The first-order valence-electron chi connectivity index (χ1n) is 4.44. The van der Waals surface area contributed by atoms with Crippen molar-refractivity contribution in [1.82, 2.24) is 9.97 Å². The van der Waals surface area contributed by atoms with Crippen LogP contribution in [0.25, 0.3) is 0 Å². The number of rotatable bonds is 5. The first kappa shape index (κ1) is 11.4. The summed E-state index contributed by atoms with van der Waals surface area (Å²) < 4.78 is 4.93. The molecule has 2 N–H and O–H groups in total. The Kier molecular flexibility index (Phi) is 3.99. The van der Waals surface area contributed by atoms with E-state index in [1.807, 2.05) is 6.92 Å². The van der Waals surface area contributed by atoms with Gasteiger partial charge in [0, 0.05) is 19.2 Å². The van der Waals surface area contributed by atoms with Crippen LogP contribution in [0.5, 0.6) is 0 Å². The van der Waals surface area contributed by atoms with E-state index in [2.05, 4.69) is 15.3 Å². The van der Waals surface area contributed by atoms with Gasteiger partial charge < -0.3 is 15.2 Å². The van der Waals surface area contributed by atoms with Gasteiger partial charge in [-0.25, -0.2) is 14.8 Å². The number of methoxy groups -OCH3 is 1. The molecule has 1 aromatic heterocycles. The summed E-state index contributed by atoms with van der Waals surface area (Å²) in [5.74, 6) is -0.591. The molecule has 0 amide bonds. The molecule has 0 aliphatic carbocycles. The molecule has 1 atom stereocenters. The molecule has 15 heavy (non-hydrogen) atoms. The van der Waals surface area contributed by atoms with E-state index in [9.17, 15) is 4.79 Å². The van der Waals surface area contributed by atoms with Crippen molar-refractivity contribution in [3.63, 3.8) is 0 Å². The van der Waals surface area contributed by atoms with Crippen molar-refractivity contribution in [2.45, 2.75) is 13.0 Å². The predicted octanol–water partition coefficient (Wildman–Crippen LogP) is 0.622. The zero-order chi connectivity index (χ0) is 11.3. The van der Waals surface area contributed by atoms with Gasteiger partial charge in [-0.2, -0.15) is 0 Å². The van der Waals surface area contributed by atoms with E-state index in [0.29, 0.717) is 12.4 Å². The summed E-state index contributed by atoms with van der Waals surface area (Å²) in [6.07, 6.45) is 1.21. The van der Waals surface area contributed by atoms with Crippen LogP contribution in [0.1, 0.15) is 17.4 Å². The van der Waals surface area contributed by atoms with E-state index in [-0.39, 0.29) is 11.7 Å². The van der Waals surface area contributed by atoms with Gasteiger partial charge in [0.25, 0.3) is 0 Å². The zero-order valence-corrected chi connectivity index (χ0v) is 8.60. The highest BCUT2D eigenvalue weighted by molar-refractivity contribution is 5.85. The average molecular weight is 211 g/mol. The Hall–Kier alpha value is -1.69. The van der Waals surface area contributed by atoms with Crippen molar-refractivity contribution in [2.75, 3.05) is 19.0 Å². The highest BCUT2D eigenvalue weighted by atomic mass is 16.5. The van der Waals surface area contributed by atoms with E-state index in [1.54, 1.807) is 7.11 Å². The van der Waals surface area contributed by atoms with Crippen LogP contribution in [0, 0.1) is 0 Å². The largest absolute Gasteiger partial charge is 0.477 e. The molecule has 1 aromatic rings. The second kappa shape index (κ2) is 5.26. The number of carbonyl (C=O) groups is 1. The predicted molar refractivity (Wildman–Crippen MR) is 54.0 cm³/mol. The fourth-order valence-electron chi connectivity index (χ4n) is 1.10. The fourth-order valence-corrected chi connectivity index (χ4v) is 1.10. The number of nitrogens with one attached hydrogen (secondary N) is 1. The van der Waals surface area contributed by atoms with Gasteiger partial charge in [-0.3, -0.25) is 0 Å². The van der Waals surface area contributed by atoms with Crippen LogP contribution in [0.2, 0.25) is 0 Å². The van der Waals surface area contributed by atoms with E-state index < -0.39 is 5.97 Å². The summed E-state index contributed by atoms with van der Waals surface area (Å²) in [5, 5.41) is 11.7. The fraction of sp³-hybridized carbons (Fsp3) is 0.444. The minimum atomic E-state index is -1.07. The molecule has 0 aliphatic rings. The molecule has 1 rings (SSSR count). The monoisotopic (exact) mass is 211 g/mol. The molecule has 0 saturated carbocycles. The van der Waals surface area contributed by atoms with Crippen LogP contribution in [-0.4, -0.2) is 40.8 Å². The normalized spacial score (nSPS) is 12.1. The van der Waals surface area contributed by atoms with E-state index in [0.717, 1.165) is 0 Å².